The largest absolute Gasteiger partial charge is 0.388 e. The molecule has 2 nitrogen and oxygen atoms in total. The first kappa shape index (κ1) is 10.9. The molecule has 0 saturated carbocycles. The number of rotatable bonds is 4. The molecule has 0 aromatic carbocycles. The second-order valence-electron chi connectivity index (χ2n) is 3.28. The Bertz CT molecular complexity index is 330. The van der Waals surface area contributed by atoms with Gasteiger partial charge in [-0.05, 0) is 25.0 Å². The Kier molecular flexibility index (Phi) is 4.28. The summed E-state index contributed by atoms with van der Waals surface area (Å²) in [4.78, 5) is 0. The Morgan fingerprint density at radius 1 is 1.57 bits per heavy atom. The molecule has 0 aliphatic rings. The van der Waals surface area contributed by atoms with Gasteiger partial charge in [0.15, 0.2) is 0 Å². The minimum atomic E-state index is -0.325. The van der Waals surface area contributed by atoms with E-state index >= 15 is 0 Å². The van der Waals surface area contributed by atoms with Crippen LogP contribution in [0.4, 0.5) is 0 Å². The first-order valence-corrected chi connectivity index (χ1v) is 5.01. The van der Waals surface area contributed by atoms with Crippen LogP contribution in [0.2, 0.25) is 0 Å². The molecule has 0 spiro atoms. The van der Waals surface area contributed by atoms with Crippen LogP contribution in [0, 0.1) is 11.8 Å². The van der Waals surface area contributed by atoms with Crippen LogP contribution in [0.25, 0.3) is 0 Å². The van der Waals surface area contributed by atoms with Crippen molar-refractivity contribution in [2.24, 2.45) is 0 Å². The van der Waals surface area contributed by atoms with Crippen LogP contribution in [0.3, 0.4) is 0 Å². The SMILES string of the molecule is CC#CCCn1ccc(C(O)CC)c1. The third-order valence-electron chi connectivity index (χ3n) is 2.22. The van der Waals surface area contributed by atoms with Gasteiger partial charge in [-0.2, -0.15) is 0 Å². The molecule has 0 saturated heterocycles. The molecule has 1 rings (SSSR count). The van der Waals surface area contributed by atoms with Crippen LogP contribution < -0.4 is 0 Å². The van der Waals surface area contributed by atoms with Crippen LogP contribution in [-0.2, 0) is 6.54 Å². The maximum atomic E-state index is 9.57. The Hall–Kier alpha value is -1.20. The van der Waals surface area contributed by atoms with E-state index in [1.807, 2.05) is 32.3 Å². The molecule has 1 aromatic heterocycles. The molecule has 1 N–H and O–H groups in total. The van der Waals surface area contributed by atoms with Crippen molar-refractivity contribution in [2.45, 2.75) is 39.3 Å². The molecule has 76 valence electrons. The van der Waals surface area contributed by atoms with Crippen molar-refractivity contribution in [3.63, 3.8) is 0 Å². The fourth-order valence-electron chi connectivity index (χ4n) is 1.34. The molecule has 1 unspecified atom stereocenters. The van der Waals surface area contributed by atoms with E-state index in [0.717, 1.165) is 24.9 Å². The number of aliphatic hydroxyl groups excluding tert-OH is 1. The van der Waals surface area contributed by atoms with Gasteiger partial charge >= 0.3 is 0 Å². The highest BCUT2D eigenvalue weighted by molar-refractivity contribution is 5.13. The Balaban J connectivity index is 2.53. The summed E-state index contributed by atoms with van der Waals surface area (Å²) < 4.78 is 2.07. The zero-order valence-corrected chi connectivity index (χ0v) is 8.83. The summed E-state index contributed by atoms with van der Waals surface area (Å²) in [6, 6.07) is 1.97. The van der Waals surface area contributed by atoms with Crippen molar-refractivity contribution >= 4 is 0 Å². The van der Waals surface area contributed by atoms with E-state index in [9.17, 15) is 5.11 Å². The molecule has 2 heteroatoms. The highest BCUT2D eigenvalue weighted by Gasteiger charge is 2.05. The van der Waals surface area contributed by atoms with Gasteiger partial charge in [-0.15, -0.1) is 11.8 Å². The van der Waals surface area contributed by atoms with E-state index in [1.54, 1.807) is 0 Å². The second kappa shape index (κ2) is 5.51. The van der Waals surface area contributed by atoms with E-state index < -0.39 is 0 Å². The van der Waals surface area contributed by atoms with Crippen LogP contribution in [0.15, 0.2) is 18.5 Å². The average Bonchev–Trinajstić information content (AvgIpc) is 2.66. The van der Waals surface area contributed by atoms with Crippen molar-refractivity contribution < 1.29 is 5.11 Å². The fourth-order valence-corrected chi connectivity index (χ4v) is 1.34. The molecule has 0 bridgehead atoms. The highest BCUT2D eigenvalue weighted by Crippen LogP contribution is 2.16. The number of aromatic nitrogens is 1. The highest BCUT2D eigenvalue weighted by atomic mass is 16.3. The van der Waals surface area contributed by atoms with Gasteiger partial charge in [0, 0.05) is 25.4 Å². The van der Waals surface area contributed by atoms with Crippen LogP contribution in [-0.4, -0.2) is 9.67 Å². The quantitative estimate of drug-likeness (QED) is 0.726. The number of hydrogen-bond donors (Lipinski definition) is 1. The summed E-state index contributed by atoms with van der Waals surface area (Å²) in [7, 11) is 0. The Morgan fingerprint density at radius 2 is 2.36 bits per heavy atom. The summed E-state index contributed by atoms with van der Waals surface area (Å²) in [6.07, 6.45) is 5.29. The van der Waals surface area contributed by atoms with Crippen molar-refractivity contribution in [1.29, 1.82) is 0 Å². The summed E-state index contributed by atoms with van der Waals surface area (Å²) in [6.45, 7) is 4.73. The molecular formula is C12H17NO. The molecule has 1 atom stereocenters. The third-order valence-corrected chi connectivity index (χ3v) is 2.22. The molecule has 0 aliphatic carbocycles. The van der Waals surface area contributed by atoms with Crippen LogP contribution in [0.5, 0.6) is 0 Å². The molecule has 0 fully saturated rings. The summed E-state index contributed by atoms with van der Waals surface area (Å²) in [5.74, 6) is 5.88. The Morgan fingerprint density at radius 3 is 3.00 bits per heavy atom. The Labute approximate surface area is 85.6 Å². The lowest BCUT2D eigenvalue weighted by Gasteiger charge is -2.03. The molecule has 0 aliphatic heterocycles. The monoisotopic (exact) mass is 191 g/mol. The molecular weight excluding hydrogens is 174 g/mol. The topological polar surface area (TPSA) is 25.2 Å². The summed E-state index contributed by atoms with van der Waals surface area (Å²) >= 11 is 0. The standard InChI is InChI=1S/C12H17NO/c1-3-5-6-8-13-9-7-11(10-13)12(14)4-2/h7,9-10,12,14H,4,6,8H2,1-2H3. The number of aryl methyl sites for hydroxylation is 1. The van der Waals surface area contributed by atoms with E-state index in [1.165, 1.54) is 0 Å². The van der Waals surface area contributed by atoms with Crippen molar-refractivity contribution in [1.82, 2.24) is 4.57 Å². The average molecular weight is 191 g/mol. The third kappa shape index (κ3) is 2.93. The van der Waals surface area contributed by atoms with E-state index in [4.69, 9.17) is 0 Å². The zero-order chi connectivity index (χ0) is 10.4. The smallest absolute Gasteiger partial charge is 0.0802 e. The molecule has 1 heterocycles. The number of nitrogens with zero attached hydrogens (tertiary/aromatic N) is 1. The lowest BCUT2D eigenvalue weighted by atomic mass is 10.1. The summed E-state index contributed by atoms with van der Waals surface area (Å²) in [5.41, 5.74) is 0.997. The van der Waals surface area contributed by atoms with E-state index in [-0.39, 0.29) is 6.10 Å². The van der Waals surface area contributed by atoms with Gasteiger partial charge in [0.05, 0.1) is 6.10 Å². The van der Waals surface area contributed by atoms with Crippen molar-refractivity contribution in [3.05, 3.63) is 24.0 Å². The zero-order valence-electron chi connectivity index (χ0n) is 8.83. The maximum absolute atomic E-state index is 9.57. The molecule has 0 amide bonds. The molecule has 1 aromatic rings. The second-order valence-corrected chi connectivity index (χ2v) is 3.28. The predicted octanol–water partition coefficient (Wildman–Crippen LogP) is 2.34. The fraction of sp³-hybridized carbons (Fsp3) is 0.500. The molecule has 0 radical (unpaired) electrons. The van der Waals surface area contributed by atoms with Crippen molar-refractivity contribution in [3.8, 4) is 11.8 Å². The van der Waals surface area contributed by atoms with Crippen molar-refractivity contribution in [2.75, 3.05) is 0 Å². The minimum Gasteiger partial charge on any atom is -0.388 e. The normalized spacial score (nSPS) is 11.9. The van der Waals surface area contributed by atoms with Gasteiger partial charge < -0.3 is 9.67 Å². The lowest BCUT2D eigenvalue weighted by Crippen LogP contribution is -1.95. The first-order chi connectivity index (χ1) is 6.77. The van der Waals surface area contributed by atoms with Gasteiger partial charge in [0.2, 0.25) is 0 Å². The maximum Gasteiger partial charge on any atom is 0.0802 e. The van der Waals surface area contributed by atoms with E-state index in [0.29, 0.717) is 0 Å². The summed E-state index contributed by atoms with van der Waals surface area (Å²) in [5, 5.41) is 9.57. The number of hydrogen-bond acceptors (Lipinski definition) is 1. The number of aliphatic hydroxyl groups is 1. The van der Waals surface area contributed by atoms with E-state index in [2.05, 4.69) is 16.4 Å². The predicted molar refractivity (Wildman–Crippen MR) is 57.7 cm³/mol. The molecule has 14 heavy (non-hydrogen) atoms. The van der Waals surface area contributed by atoms with Gasteiger partial charge in [0.1, 0.15) is 0 Å². The van der Waals surface area contributed by atoms with Gasteiger partial charge in [-0.1, -0.05) is 6.92 Å². The van der Waals surface area contributed by atoms with Crippen LogP contribution in [0.1, 0.15) is 38.4 Å². The van der Waals surface area contributed by atoms with Gasteiger partial charge in [0.25, 0.3) is 0 Å². The van der Waals surface area contributed by atoms with Gasteiger partial charge in [-0.25, -0.2) is 0 Å². The minimum absolute atomic E-state index is 0.325. The van der Waals surface area contributed by atoms with Gasteiger partial charge in [-0.3, -0.25) is 0 Å². The first-order valence-electron chi connectivity index (χ1n) is 5.01. The van der Waals surface area contributed by atoms with Crippen LogP contribution >= 0.6 is 0 Å². The lowest BCUT2D eigenvalue weighted by molar-refractivity contribution is 0.173.